The van der Waals surface area contributed by atoms with Gasteiger partial charge in [0.1, 0.15) is 0 Å². The van der Waals surface area contributed by atoms with Gasteiger partial charge < -0.3 is 15.4 Å². The van der Waals surface area contributed by atoms with Gasteiger partial charge in [-0.15, -0.1) is 0 Å². The van der Waals surface area contributed by atoms with Crippen molar-refractivity contribution in [1.29, 1.82) is 0 Å². The van der Waals surface area contributed by atoms with Crippen LogP contribution in [0.5, 0.6) is 0 Å². The molecular weight excluding hydrogens is 214 g/mol. The van der Waals surface area contributed by atoms with Crippen molar-refractivity contribution in [3.05, 3.63) is 0 Å². The van der Waals surface area contributed by atoms with E-state index in [9.17, 15) is 0 Å². The summed E-state index contributed by atoms with van der Waals surface area (Å²) in [7, 11) is 3.97. The molecule has 17 heavy (non-hydrogen) atoms. The van der Waals surface area contributed by atoms with Crippen LogP contribution in [0.25, 0.3) is 0 Å². The maximum atomic E-state index is 6.03. The highest BCUT2D eigenvalue weighted by molar-refractivity contribution is 4.96. The smallest absolute Gasteiger partial charge is 0.0736 e. The average Bonchev–Trinajstić information content (AvgIpc) is 2.48. The zero-order chi connectivity index (χ0) is 13.1. The molecule has 0 aliphatic carbocycles. The van der Waals surface area contributed by atoms with Crippen LogP contribution in [-0.2, 0) is 4.74 Å². The molecule has 0 bridgehead atoms. The highest BCUT2D eigenvalue weighted by Gasteiger charge is 2.39. The fourth-order valence-corrected chi connectivity index (χ4v) is 2.90. The standard InChI is InChI=1S/C13H29N3O/c1-11-9-15(4)7-6-8-16(11)13(3,10-14)12(2)17-5/h11-12H,6-10,14H2,1-5H3. The summed E-state index contributed by atoms with van der Waals surface area (Å²) >= 11 is 0. The quantitative estimate of drug-likeness (QED) is 0.792. The van der Waals surface area contributed by atoms with Crippen molar-refractivity contribution < 1.29 is 4.74 Å². The zero-order valence-corrected chi connectivity index (χ0v) is 12.1. The lowest BCUT2D eigenvalue weighted by Crippen LogP contribution is -2.62. The van der Waals surface area contributed by atoms with Crippen LogP contribution >= 0.6 is 0 Å². The van der Waals surface area contributed by atoms with E-state index in [0.717, 1.165) is 13.1 Å². The van der Waals surface area contributed by atoms with E-state index < -0.39 is 0 Å². The molecule has 3 unspecified atom stereocenters. The summed E-state index contributed by atoms with van der Waals surface area (Å²) in [6, 6.07) is 0.522. The van der Waals surface area contributed by atoms with Crippen LogP contribution in [-0.4, -0.2) is 67.8 Å². The Labute approximate surface area is 106 Å². The summed E-state index contributed by atoms with van der Waals surface area (Å²) in [5.74, 6) is 0. The third-order valence-electron chi connectivity index (χ3n) is 4.35. The topological polar surface area (TPSA) is 41.7 Å². The maximum absolute atomic E-state index is 6.03. The van der Waals surface area contributed by atoms with E-state index >= 15 is 0 Å². The first-order valence-corrected chi connectivity index (χ1v) is 6.64. The van der Waals surface area contributed by atoms with Gasteiger partial charge in [-0.25, -0.2) is 0 Å². The minimum atomic E-state index is -0.0701. The molecular formula is C13H29N3O. The number of likely N-dealkylation sites (N-methyl/N-ethyl adjacent to an activating group) is 1. The lowest BCUT2D eigenvalue weighted by Gasteiger charge is -2.46. The average molecular weight is 243 g/mol. The molecule has 102 valence electrons. The Bertz CT molecular complexity index is 237. The van der Waals surface area contributed by atoms with Crippen molar-refractivity contribution in [3.8, 4) is 0 Å². The molecule has 0 aromatic carbocycles. The van der Waals surface area contributed by atoms with Gasteiger partial charge in [0, 0.05) is 32.8 Å². The first-order chi connectivity index (χ1) is 7.95. The molecule has 1 saturated heterocycles. The van der Waals surface area contributed by atoms with Crippen LogP contribution < -0.4 is 5.73 Å². The molecule has 1 rings (SSSR count). The van der Waals surface area contributed by atoms with Crippen LogP contribution in [0, 0.1) is 0 Å². The normalized spacial score (nSPS) is 29.6. The third-order valence-corrected chi connectivity index (χ3v) is 4.35. The molecule has 4 heteroatoms. The highest BCUT2D eigenvalue weighted by Crippen LogP contribution is 2.25. The minimum absolute atomic E-state index is 0.0701. The molecule has 0 saturated carbocycles. The van der Waals surface area contributed by atoms with Gasteiger partial charge >= 0.3 is 0 Å². The molecule has 1 heterocycles. The molecule has 1 aliphatic heterocycles. The molecule has 0 radical (unpaired) electrons. The Morgan fingerprint density at radius 3 is 2.65 bits per heavy atom. The van der Waals surface area contributed by atoms with E-state index in [1.165, 1.54) is 13.0 Å². The van der Waals surface area contributed by atoms with Gasteiger partial charge in [-0.05, 0) is 40.8 Å². The van der Waals surface area contributed by atoms with Crippen molar-refractivity contribution in [2.24, 2.45) is 5.73 Å². The summed E-state index contributed by atoms with van der Waals surface area (Å²) in [6.45, 7) is 10.6. The summed E-state index contributed by atoms with van der Waals surface area (Å²) in [6.07, 6.45) is 1.35. The second-order valence-electron chi connectivity index (χ2n) is 5.60. The van der Waals surface area contributed by atoms with Crippen molar-refractivity contribution in [3.63, 3.8) is 0 Å². The molecule has 0 spiro atoms. The minimum Gasteiger partial charge on any atom is -0.380 e. The summed E-state index contributed by atoms with van der Waals surface area (Å²) < 4.78 is 5.54. The van der Waals surface area contributed by atoms with Gasteiger partial charge in [-0.1, -0.05) is 0 Å². The number of hydrogen-bond acceptors (Lipinski definition) is 4. The van der Waals surface area contributed by atoms with Crippen LogP contribution in [0.15, 0.2) is 0 Å². The highest BCUT2D eigenvalue weighted by atomic mass is 16.5. The lowest BCUT2D eigenvalue weighted by atomic mass is 9.91. The van der Waals surface area contributed by atoms with Gasteiger partial charge in [0.25, 0.3) is 0 Å². The molecule has 1 aliphatic rings. The van der Waals surface area contributed by atoms with Crippen molar-refractivity contribution in [2.75, 3.05) is 40.3 Å². The van der Waals surface area contributed by atoms with Crippen LogP contribution in [0.3, 0.4) is 0 Å². The summed E-state index contributed by atoms with van der Waals surface area (Å²) in [4.78, 5) is 4.93. The maximum Gasteiger partial charge on any atom is 0.0736 e. The molecule has 1 fully saturated rings. The van der Waals surface area contributed by atoms with E-state index in [-0.39, 0.29) is 11.6 Å². The van der Waals surface area contributed by atoms with Crippen molar-refractivity contribution in [2.45, 2.75) is 44.9 Å². The second-order valence-corrected chi connectivity index (χ2v) is 5.60. The Hall–Kier alpha value is -0.160. The SMILES string of the molecule is COC(C)C(C)(CN)N1CCCN(C)CC1C. The second kappa shape index (κ2) is 6.14. The van der Waals surface area contributed by atoms with E-state index in [1.807, 2.05) is 0 Å². The molecule has 2 N–H and O–H groups in total. The van der Waals surface area contributed by atoms with Crippen LogP contribution in [0.2, 0.25) is 0 Å². The number of hydrogen-bond donors (Lipinski definition) is 1. The monoisotopic (exact) mass is 243 g/mol. The predicted octanol–water partition coefficient (Wildman–Crippen LogP) is 0.765. The van der Waals surface area contributed by atoms with Gasteiger partial charge in [-0.2, -0.15) is 0 Å². The van der Waals surface area contributed by atoms with E-state index in [4.69, 9.17) is 10.5 Å². The zero-order valence-electron chi connectivity index (χ0n) is 12.1. The van der Waals surface area contributed by atoms with Crippen LogP contribution in [0.4, 0.5) is 0 Å². The molecule has 0 aromatic rings. The predicted molar refractivity (Wildman–Crippen MR) is 72.2 cm³/mol. The number of nitrogens with zero attached hydrogens (tertiary/aromatic N) is 2. The Morgan fingerprint density at radius 1 is 1.47 bits per heavy atom. The first-order valence-electron chi connectivity index (χ1n) is 6.64. The fourth-order valence-electron chi connectivity index (χ4n) is 2.90. The number of nitrogens with two attached hydrogens (primary N) is 1. The Morgan fingerprint density at radius 2 is 2.12 bits per heavy atom. The number of ether oxygens (including phenoxy) is 1. The number of rotatable bonds is 4. The van der Waals surface area contributed by atoms with E-state index in [1.54, 1.807) is 7.11 Å². The van der Waals surface area contributed by atoms with Gasteiger partial charge in [0.05, 0.1) is 11.6 Å². The molecule has 0 amide bonds. The molecule has 3 atom stereocenters. The van der Waals surface area contributed by atoms with Gasteiger partial charge in [0.2, 0.25) is 0 Å². The fraction of sp³-hybridized carbons (Fsp3) is 1.00. The first kappa shape index (κ1) is 14.9. The lowest BCUT2D eigenvalue weighted by molar-refractivity contribution is -0.0463. The molecule has 4 nitrogen and oxygen atoms in total. The largest absolute Gasteiger partial charge is 0.380 e. The van der Waals surface area contributed by atoms with E-state index in [2.05, 4.69) is 37.6 Å². The van der Waals surface area contributed by atoms with Gasteiger partial charge in [-0.3, -0.25) is 4.90 Å². The van der Waals surface area contributed by atoms with Gasteiger partial charge in [0.15, 0.2) is 0 Å². The van der Waals surface area contributed by atoms with E-state index in [0.29, 0.717) is 12.6 Å². The van der Waals surface area contributed by atoms with Crippen molar-refractivity contribution in [1.82, 2.24) is 9.80 Å². The summed E-state index contributed by atoms with van der Waals surface area (Å²) in [5.41, 5.74) is 5.96. The van der Waals surface area contributed by atoms with Crippen LogP contribution in [0.1, 0.15) is 27.2 Å². The third kappa shape index (κ3) is 3.19. The van der Waals surface area contributed by atoms with Crippen molar-refractivity contribution >= 4 is 0 Å². The molecule has 0 aromatic heterocycles. The Balaban J connectivity index is 2.86. The Kier molecular flexibility index (Phi) is 5.38. The summed E-state index contributed by atoms with van der Waals surface area (Å²) in [5, 5.41) is 0. The number of methoxy groups -OCH3 is 1.